The molecule has 0 aliphatic carbocycles. The Balaban J connectivity index is 2.30. The Morgan fingerprint density at radius 1 is 1.08 bits per heavy atom. The molecule has 0 spiro atoms. The number of nitrogens with one attached hydrogen (secondary N) is 2. The van der Waals surface area contributed by atoms with Crippen molar-refractivity contribution in [2.24, 2.45) is 4.40 Å². The molecule has 3 N–H and O–H groups in total. The number of benzene rings is 2. The largest absolute Gasteiger partial charge is 0.480 e. The van der Waals surface area contributed by atoms with Crippen molar-refractivity contribution in [3.05, 3.63) is 60.2 Å². The van der Waals surface area contributed by atoms with E-state index < -0.39 is 22.5 Å². The zero-order valence-electron chi connectivity index (χ0n) is 12.9. The SMILES string of the molecule is Cc1ccc(NC(=NS(=O)(=O)c2ccccc2)NCC(=O)O)cc1. The molecule has 0 radical (unpaired) electrons. The molecule has 0 aliphatic heterocycles. The average molecular weight is 347 g/mol. The molecular weight excluding hydrogens is 330 g/mol. The summed E-state index contributed by atoms with van der Waals surface area (Å²) in [6.07, 6.45) is 0. The lowest BCUT2D eigenvalue weighted by Gasteiger charge is -2.11. The first-order valence-corrected chi connectivity index (χ1v) is 8.50. The van der Waals surface area contributed by atoms with Crippen LogP contribution in [0.15, 0.2) is 63.9 Å². The van der Waals surface area contributed by atoms with Crippen molar-refractivity contribution in [3.63, 3.8) is 0 Å². The molecule has 0 bridgehead atoms. The second-order valence-electron chi connectivity index (χ2n) is 4.97. The number of anilines is 1. The van der Waals surface area contributed by atoms with E-state index in [0.717, 1.165) is 5.56 Å². The number of carbonyl (C=O) groups is 1. The van der Waals surface area contributed by atoms with E-state index >= 15 is 0 Å². The second kappa shape index (κ2) is 7.60. The smallest absolute Gasteiger partial charge is 0.322 e. The Labute approximate surface area is 140 Å². The highest BCUT2D eigenvalue weighted by Gasteiger charge is 2.14. The summed E-state index contributed by atoms with van der Waals surface area (Å²) in [5, 5.41) is 14.0. The zero-order valence-corrected chi connectivity index (χ0v) is 13.7. The third-order valence-electron chi connectivity index (χ3n) is 2.97. The van der Waals surface area contributed by atoms with Crippen LogP contribution in [0.2, 0.25) is 0 Å². The van der Waals surface area contributed by atoms with E-state index in [1.54, 1.807) is 30.3 Å². The molecule has 0 saturated heterocycles. The van der Waals surface area contributed by atoms with Gasteiger partial charge in [-0.3, -0.25) is 4.79 Å². The number of hydrogen-bond donors (Lipinski definition) is 3. The minimum absolute atomic E-state index is 0.0188. The van der Waals surface area contributed by atoms with Crippen LogP contribution in [0.5, 0.6) is 0 Å². The normalized spacial score (nSPS) is 11.8. The Kier molecular flexibility index (Phi) is 5.54. The summed E-state index contributed by atoms with van der Waals surface area (Å²) in [7, 11) is -3.97. The lowest BCUT2D eigenvalue weighted by atomic mass is 10.2. The molecule has 2 rings (SSSR count). The molecule has 7 nitrogen and oxygen atoms in total. The predicted molar refractivity (Wildman–Crippen MR) is 91.5 cm³/mol. The van der Waals surface area contributed by atoms with Crippen LogP contribution < -0.4 is 10.6 Å². The zero-order chi connectivity index (χ0) is 17.6. The number of carboxylic acid groups (broad SMARTS) is 1. The van der Waals surface area contributed by atoms with E-state index in [2.05, 4.69) is 15.0 Å². The molecule has 0 unspecified atom stereocenters. The number of aryl methyl sites for hydroxylation is 1. The third-order valence-corrected chi connectivity index (χ3v) is 4.26. The first-order chi connectivity index (χ1) is 11.4. The van der Waals surface area contributed by atoms with Gasteiger partial charge in [-0.25, -0.2) is 0 Å². The summed E-state index contributed by atoms with van der Waals surface area (Å²) in [6, 6.07) is 14.8. The standard InChI is InChI=1S/C16H17N3O4S/c1-12-7-9-13(10-8-12)18-16(17-11-15(20)21)19-24(22,23)14-5-3-2-4-6-14/h2-10H,11H2,1H3,(H,20,21)(H2,17,18,19). The fourth-order valence-corrected chi connectivity index (χ4v) is 2.75. The van der Waals surface area contributed by atoms with Gasteiger partial charge in [-0.2, -0.15) is 8.42 Å². The monoisotopic (exact) mass is 347 g/mol. The lowest BCUT2D eigenvalue weighted by molar-refractivity contribution is -0.135. The van der Waals surface area contributed by atoms with Gasteiger partial charge in [-0.15, -0.1) is 4.40 Å². The summed E-state index contributed by atoms with van der Waals surface area (Å²) in [6.45, 7) is 1.45. The van der Waals surface area contributed by atoms with Crippen LogP contribution in [0, 0.1) is 6.92 Å². The van der Waals surface area contributed by atoms with Crippen LogP contribution >= 0.6 is 0 Å². The highest BCUT2D eigenvalue weighted by molar-refractivity contribution is 7.90. The first kappa shape index (κ1) is 17.5. The van der Waals surface area contributed by atoms with Gasteiger partial charge in [0.2, 0.25) is 5.96 Å². The molecule has 0 aliphatic rings. The number of rotatable bonds is 5. The number of hydrogen-bond acceptors (Lipinski definition) is 3. The molecule has 0 atom stereocenters. The van der Waals surface area contributed by atoms with Gasteiger partial charge in [0.25, 0.3) is 10.0 Å². The fraction of sp³-hybridized carbons (Fsp3) is 0.125. The quantitative estimate of drug-likeness (QED) is 0.562. The molecule has 2 aromatic carbocycles. The summed E-state index contributed by atoms with van der Waals surface area (Å²) in [5.41, 5.74) is 1.62. The van der Waals surface area contributed by atoms with E-state index in [-0.39, 0.29) is 10.9 Å². The van der Waals surface area contributed by atoms with Crippen molar-refractivity contribution in [2.75, 3.05) is 11.9 Å². The number of aliphatic carboxylic acids is 1. The van der Waals surface area contributed by atoms with E-state index in [1.807, 2.05) is 19.1 Å². The molecule has 0 saturated carbocycles. The third kappa shape index (κ3) is 5.10. The molecular formula is C16H17N3O4S. The first-order valence-electron chi connectivity index (χ1n) is 7.06. The lowest BCUT2D eigenvalue weighted by Crippen LogP contribution is -2.35. The predicted octanol–water partition coefficient (Wildman–Crippen LogP) is 1.83. The summed E-state index contributed by atoms with van der Waals surface area (Å²) < 4.78 is 28.3. The van der Waals surface area contributed by atoms with Crippen molar-refractivity contribution >= 4 is 27.6 Å². The summed E-state index contributed by atoms with van der Waals surface area (Å²) in [5.74, 6) is -1.30. The van der Waals surface area contributed by atoms with E-state index in [4.69, 9.17) is 5.11 Å². The molecule has 0 heterocycles. The average Bonchev–Trinajstić information content (AvgIpc) is 2.55. The number of carboxylic acids is 1. The molecule has 24 heavy (non-hydrogen) atoms. The highest BCUT2D eigenvalue weighted by atomic mass is 32.2. The second-order valence-corrected chi connectivity index (χ2v) is 6.57. The number of sulfonamides is 1. The Morgan fingerprint density at radius 2 is 1.71 bits per heavy atom. The summed E-state index contributed by atoms with van der Waals surface area (Å²) >= 11 is 0. The minimum Gasteiger partial charge on any atom is -0.480 e. The van der Waals surface area contributed by atoms with Gasteiger partial charge in [-0.05, 0) is 31.2 Å². The summed E-state index contributed by atoms with van der Waals surface area (Å²) in [4.78, 5) is 10.8. The van der Waals surface area contributed by atoms with Crippen LogP contribution in [-0.4, -0.2) is 32.0 Å². The maximum absolute atomic E-state index is 12.3. The van der Waals surface area contributed by atoms with Gasteiger partial charge in [0.1, 0.15) is 6.54 Å². The van der Waals surface area contributed by atoms with Crippen LogP contribution in [0.4, 0.5) is 5.69 Å². The van der Waals surface area contributed by atoms with Crippen LogP contribution in [0.3, 0.4) is 0 Å². The van der Waals surface area contributed by atoms with Gasteiger partial charge in [-0.1, -0.05) is 35.9 Å². The van der Waals surface area contributed by atoms with Crippen molar-refractivity contribution in [2.45, 2.75) is 11.8 Å². The van der Waals surface area contributed by atoms with Gasteiger partial charge in [0.15, 0.2) is 0 Å². The van der Waals surface area contributed by atoms with Crippen molar-refractivity contribution < 1.29 is 18.3 Å². The number of nitrogens with zero attached hydrogens (tertiary/aromatic N) is 1. The van der Waals surface area contributed by atoms with Gasteiger partial charge >= 0.3 is 5.97 Å². The van der Waals surface area contributed by atoms with E-state index in [1.165, 1.54) is 12.1 Å². The van der Waals surface area contributed by atoms with Gasteiger partial charge < -0.3 is 15.7 Å². The van der Waals surface area contributed by atoms with E-state index in [0.29, 0.717) is 5.69 Å². The Bertz CT molecular complexity index is 831. The minimum atomic E-state index is -3.97. The highest BCUT2D eigenvalue weighted by Crippen LogP contribution is 2.13. The maximum Gasteiger partial charge on any atom is 0.322 e. The fourth-order valence-electron chi connectivity index (χ4n) is 1.80. The van der Waals surface area contributed by atoms with Crippen LogP contribution in [0.1, 0.15) is 5.56 Å². The molecule has 0 fully saturated rings. The van der Waals surface area contributed by atoms with Gasteiger partial charge in [0, 0.05) is 5.69 Å². The topological polar surface area (TPSA) is 108 Å². The maximum atomic E-state index is 12.3. The molecule has 8 heteroatoms. The Morgan fingerprint density at radius 3 is 2.29 bits per heavy atom. The van der Waals surface area contributed by atoms with Crippen molar-refractivity contribution in [1.82, 2.24) is 5.32 Å². The molecule has 0 aromatic heterocycles. The van der Waals surface area contributed by atoms with Crippen molar-refractivity contribution in [3.8, 4) is 0 Å². The van der Waals surface area contributed by atoms with E-state index in [9.17, 15) is 13.2 Å². The van der Waals surface area contributed by atoms with Crippen molar-refractivity contribution in [1.29, 1.82) is 0 Å². The van der Waals surface area contributed by atoms with Crippen LogP contribution in [0.25, 0.3) is 0 Å². The number of guanidine groups is 1. The Hall–Kier alpha value is -2.87. The molecule has 0 amide bonds. The van der Waals surface area contributed by atoms with Crippen LogP contribution in [-0.2, 0) is 14.8 Å². The molecule has 2 aromatic rings. The van der Waals surface area contributed by atoms with Gasteiger partial charge in [0.05, 0.1) is 4.90 Å². The molecule has 126 valence electrons.